The third-order valence-corrected chi connectivity index (χ3v) is 3.53. The van der Waals surface area contributed by atoms with Gasteiger partial charge in [0.2, 0.25) is 0 Å². The van der Waals surface area contributed by atoms with Crippen LogP contribution in [0.15, 0.2) is 29.4 Å². The second kappa shape index (κ2) is 16.1. The van der Waals surface area contributed by atoms with Gasteiger partial charge in [-0.15, -0.1) is 24.0 Å². The van der Waals surface area contributed by atoms with Crippen molar-refractivity contribution in [3.63, 3.8) is 0 Å². The quantitative estimate of drug-likeness (QED) is 0.174. The van der Waals surface area contributed by atoms with Gasteiger partial charge < -0.3 is 15.4 Å². The summed E-state index contributed by atoms with van der Waals surface area (Å²) in [6.07, 6.45) is 7.31. The summed E-state index contributed by atoms with van der Waals surface area (Å²) in [6, 6.07) is 5.94. The molecule has 0 aliphatic heterocycles. The molecule has 0 amide bonds. The Hall–Kier alpha value is -1.38. The normalized spacial score (nSPS) is 10.7. The van der Waals surface area contributed by atoms with Crippen LogP contribution in [-0.4, -0.2) is 43.7 Å². The van der Waals surface area contributed by atoms with E-state index >= 15 is 0 Å². The zero-order chi connectivity index (χ0) is 17.5. The van der Waals surface area contributed by atoms with Crippen LogP contribution in [0.4, 0.5) is 0 Å². The molecule has 0 atom stereocenters. The Kier molecular flexibility index (Phi) is 15.2. The van der Waals surface area contributed by atoms with Crippen molar-refractivity contribution < 1.29 is 9.53 Å². The molecule has 6 nitrogen and oxygen atoms in total. The Morgan fingerprint density at radius 3 is 2.60 bits per heavy atom. The molecule has 0 aromatic carbocycles. The largest absolute Gasteiger partial charge is 0.466 e. The fraction of sp³-hybridized carbons (Fsp3) is 0.611. The molecule has 0 spiro atoms. The van der Waals surface area contributed by atoms with E-state index in [2.05, 4.69) is 20.6 Å². The third-order valence-electron chi connectivity index (χ3n) is 3.53. The van der Waals surface area contributed by atoms with Crippen molar-refractivity contribution in [1.82, 2.24) is 15.6 Å². The van der Waals surface area contributed by atoms with Crippen LogP contribution in [0.2, 0.25) is 0 Å². The van der Waals surface area contributed by atoms with Crippen LogP contribution < -0.4 is 10.6 Å². The van der Waals surface area contributed by atoms with Gasteiger partial charge in [0.15, 0.2) is 5.96 Å². The molecule has 0 unspecified atom stereocenters. The van der Waals surface area contributed by atoms with Crippen LogP contribution in [0.1, 0.15) is 44.7 Å². The fourth-order valence-electron chi connectivity index (χ4n) is 2.26. The SMILES string of the molecule is CCOC(=O)CCCCCCNC(=NC)NCCc1ccccn1.I. The topological polar surface area (TPSA) is 75.6 Å². The predicted molar refractivity (Wildman–Crippen MR) is 112 cm³/mol. The molecule has 142 valence electrons. The van der Waals surface area contributed by atoms with Gasteiger partial charge in [-0.05, 0) is 31.9 Å². The summed E-state index contributed by atoms with van der Waals surface area (Å²) in [6.45, 7) is 3.98. The van der Waals surface area contributed by atoms with E-state index < -0.39 is 0 Å². The number of carbonyl (C=O) groups is 1. The van der Waals surface area contributed by atoms with E-state index in [1.165, 1.54) is 0 Å². The summed E-state index contributed by atoms with van der Waals surface area (Å²) in [5.74, 6) is 0.727. The average molecular weight is 462 g/mol. The monoisotopic (exact) mass is 462 g/mol. The first-order valence-electron chi connectivity index (χ1n) is 8.76. The number of carbonyl (C=O) groups excluding carboxylic acids is 1. The summed E-state index contributed by atoms with van der Waals surface area (Å²) in [7, 11) is 1.77. The standard InChI is InChI=1S/C18H30N4O2.HI/c1-3-24-17(23)11-6-4-5-8-14-21-18(19-2)22-15-12-16-10-7-9-13-20-16;/h7,9-10,13H,3-6,8,11-12,14-15H2,1-2H3,(H2,19,21,22);1H. The Morgan fingerprint density at radius 2 is 1.92 bits per heavy atom. The molecule has 1 aromatic heterocycles. The first-order valence-corrected chi connectivity index (χ1v) is 8.76. The van der Waals surface area contributed by atoms with Crippen molar-refractivity contribution in [2.75, 3.05) is 26.7 Å². The lowest BCUT2D eigenvalue weighted by atomic mass is 10.1. The molecule has 1 aromatic rings. The Morgan fingerprint density at radius 1 is 1.16 bits per heavy atom. The average Bonchev–Trinajstić information content (AvgIpc) is 2.60. The lowest BCUT2D eigenvalue weighted by Crippen LogP contribution is -2.38. The maximum Gasteiger partial charge on any atom is 0.305 e. The zero-order valence-corrected chi connectivity index (χ0v) is 17.6. The van der Waals surface area contributed by atoms with Crippen molar-refractivity contribution in [2.24, 2.45) is 4.99 Å². The molecule has 1 heterocycles. The molecule has 0 radical (unpaired) electrons. The van der Waals surface area contributed by atoms with Gasteiger partial charge in [0.25, 0.3) is 0 Å². The molecule has 0 saturated heterocycles. The lowest BCUT2D eigenvalue weighted by Gasteiger charge is -2.11. The van der Waals surface area contributed by atoms with Crippen LogP contribution in [0, 0.1) is 0 Å². The molecule has 0 aliphatic carbocycles. The first-order chi connectivity index (χ1) is 11.8. The zero-order valence-electron chi connectivity index (χ0n) is 15.3. The summed E-state index contributed by atoms with van der Waals surface area (Å²) in [5.41, 5.74) is 1.07. The van der Waals surface area contributed by atoms with Gasteiger partial charge >= 0.3 is 5.97 Å². The van der Waals surface area contributed by atoms with Gasteiger partial charge in [0.05, 0.1) is 6.61 Å². The maximum absolute atomic E-state index is 11.2. The number of hydrogen-bond acceptors (Lipinski definition) is 4. The van der Waals surface area contributed by atoms with E-state index in [0.29, 0.717) is 13.0 Å². The van der Waals surface area contributed by atoms with Crippen molar-refractivity contribution >= 4 is 35.9 Å². The maximum atomic E-state index is 11.2. The van der Waals surface area contributed by atoms with Crippen LogP contribution in [0.5, 0.6) is 0 Å². The molecular weight excluding hydrogens is 431 g/mol. The molecule has 1 rings (SSSR count). The molecule has 0 aliphatic rings. The van der Waals surface area contributed by atoms with Crippen molar-refractivity contribution in [2.45, 2.75) is 45.4 Å². The molecular formula is C18H31IN4O2. The highest BCUT2D eigenvalue weighted by molar-refractivity contribution is 14.0. The molecule has 2 N–H and O–H groups in total. The highest BCUT2D eigenvalue weighted by Gasteiger charge is 2.01. The molecule has 25 heavy (non-hydrogen) atoms. The van der Waals surface area contributed by atoms with Gasteiger partial charge in [0.1, 0.15) is 0 Å². The van der Waals surface area contributed by atoms with Crippen molar-refractivity contribution in [3.8, 4) is 0 Å². The van der Waals surface area contributed by atoms with E-state index in [-0.39, 0.29) is 29.9 Å². The molecule has 7 heteroatoms. The minimum absolute atomic E-state index is 0. The number of halogens is 1. The third kappa shape index (κ3) is 12.6. The van der Waals surface area contributed by atoms with Crippen LogP contribution in [-0.2, 0) is 16.0 Å². The number of nitrogens with one attached hydrogen (secondary N) is 2. The van der Waals surface area contributed by atoms with Gasteiger partial charge in [-0.3, -0.25) is 14.8 Å². The van der Waals surface area contributed by atoms with Gasteiger partial charge in [0, 0.05) is 44.9 Å². The summed E-state index contributed by atoms with van der Waals surface area (Å²) in [5, 5.41) is 6.59. The molecule has 0 fully saturated rings. The number of unbranched alkanes of at least 4 members (excludes halogenated alkanes) is 3. The Bertz CT molecular complexity index is 483. The number of nitrogens with zero attached hydrogens (tertiary/aromatic N) is 2. The number of aliphatic imine (C=N–C) groups is 1. The number of esters is 1. The second-order valence-corrected chi connectivity index (χ2v) is 5.47. The predicted octanol–water partition coefficient (Wildman–Crippen LogP) is 2.92. The van der Waals surface area contributed by atoms with Crippen LogP contribution in [0.25, 0.3) is 0 Å². The number of ether oxygens (including phenoxy) is 1. The van der Waals surface area contributed by atoms with Gasteiger partial charge in [-0.25, -0.2) is 0 Å². The molecule has 0 saturated carbocycles. The summed E-state index contributed by atoms with van der Waals surface area (Å²) < 4.78 is 4.91. The second-order valence-electron chi connectivity index (χ2n) is 5.47. The number of hydrogen-bond donors (Lipinski definition) is 2. The number of rotatable bonds is 11. The molecule has 0 bridgehead atoms. The van der Waals surface area contributed by atoms with E-state index in [1.807, 2.05) is 31.3 Å². The van der Waals surface area contributed by atoms with E-state index in [0.717, 1.165) is 56.8 Å². The number of aromatic nitrogens is 1. The van der Waals surface area contributed by atoms with E-state index in [9.17, 15) is 4.79 Å². The van der Waals surface area contributed by atoms with Crippen molar-refractivity contribution in [1.29, 1.82) is 0 Å². The van der Waals surface area contributed by atoms with Gasteiger partial charge in [-0.2, -0.15) is 0 Å². The smallest absolute Gasteiger partial charge is 0.305 e. The van der Waals surface area contributed by atoms with E-state index in [4.69, 9.17) is 4.74 Å². The first kappa shape index (κ1) is 23.6. The lowest BCUT2D eigenvalue weighted by molar-refractivity contribution is -0.143. The number of guanidine groups is 1. The minimum Gasteiger partial charge on any atom is -0.466 e. The van der Waals surface area contributed by atoms with Crippen molar-refractivity contribution in [3.05, 3.63) is 30.1 Å². The Balaban J connectivity index is 0.00000576. The number of pyridine rings is 1. The fourth-order valence-corrected chi connectivity index (χ4v) is 2.26. The summed E-state index contributed by atoms with van der Waals surface area (Å²) >= 11 is 0. The van der Waals surface area contributed by atoms with Crippen LogP contribution >= 0.6 is 24.0 Å². The van der Waals surface area contributed by atoms with Crippen LogP contribution in [0.3, 0.4) is 0 Å². The van der Waals surface area contributed by atoms with Gasteiger partial charge in [-0.1, -0.05) is 18.9 Å². The highest BCUT2D eigenvalue weighted by Crippen LogP contribution is 2.03. The minimum atomic E-state index is -0.0897. The van der Waals surface area contributed by atoms with E-state index in [1.54, 1.807) is 7.05 Å². The summed E-state index contributed by atoms with van der Waals surface area (Å²) in [4.78, 5) is 19.7. The highest BCUT2D eigenvalue weighted by atomic mass is 127. The Labute approximate surface area is 168 Å².